The molecule has 128 valence electrons. The highest BCUT2D eigenvalue weighted by Gasteiger charge is 2.11. The number of thiazole rings is 1. The Morgan fingerprint density at radius 2 is 1.85 bits per heavy atom. The van der Waals surface area contributed by atoms with Gasteiger partial charge < -0.3 is 4.74 Å². The van der Waals surface area contributed by atoms with Gasteiger partial charge in [0.05, 0.1) is 24.1 Å². The van der Waals surface area contributed by atoms with Crippen molar-refractivity contribution >= 4 is 33.7 Å². The molecule has 0 atom stereocenters. The van der Waals surface area contributed by atoms with E-state index in [4.69, 9.17) is 4.74 Å². The van der Waals surface area contributed by atoms with Crippen molar-refractivity contribution in [1.29, 1.82) is 5.26 Å². The van der Waals surface area contributed by atoms with Crippen LogP contribution < -0.4 is 4.74 Å². The lowest BCUT2D eigenvalue weighted by Crippen LogP contribution is -1.83. The molecule has 6 heteroatoms. The number of azo groups is 1. The number of ether oxygens (including phenoxy) is 1. The summed E-state index contributed by atoms with van der Waals surface area (Å²) in [4.78, 5) is 4.47. The lowest BCUT2D eigenvalue weighted by molar-refractivity contribution is 0.415. The Morgan fingerprint density at radius 1 is 1.12 bits per heavy atom. The number of allylic oxidation sites excluding steroid dienone is 1. The summed E-state index contributed by atoms with van der Waals surface area (Å²) in [5.41, 5.74) is 2.92. The van der Waals surface area contributed by atoms with E-state index >= 15 is 0 Å². The first-order valence-corrected chi connectivity index (χ1v) is 8.71. The van der Waals surface area contributed by atoms with E-state index in [-0.39, 0.29) is 0 Å². The van der Waals surface area contributed by atoms with Crippen LogP contribution in [0.15, 0.2) is 64.8 Å². The molecule has 0 aliphatic heterocycles. The van der Waals surface area contributed by atoms with Crippen LogP contribution >= 0.6 is 11.3 Å². The monoisotopic (exact) mass is 360 g/mol. The van der Waals surface area contributed by atoms with Crippen molar-refractivity contribution in [1.82, 2.24) is 4.98 Å². The predicted molar refractivity (Wildman–Crippen MR) is 104 cm³/mol. The third kappa shape index (κ3) is 4.21. The van der Waals surface area contributed by atoms with Crippen molar-refractivity contribution in [3.8, 4) is 11.8 Å². The Labute approximate surface area is 155 Å². The van der Waals surface area contributed by atoms with Crippen LogP contribution in [0.25, 0.3) is 11.6 Å². The summed E-state index contributed by atoms with van der Waals surface area (Å²) in [6, 6.07) is 19.2. The van der Waals surface area contributed by atoms with Gasteiger partial charge in [-0.05, 0) is 42.8 Å². The maximum atomic E-state index is 9.52. The number of nitrogens with zero attached hydrogens (tertiary/aromatic N) is 4. The minimum atomic E-state index is 0.490. The highest BCUT2D eigenvalue weighted by Crippen LogP contribution is 2.33. The predicted octanol–water partition coefficient (Wildman–Crippen LogP) is 5.94. The molecule has 5 nitrogen and oxygen atoms in total. The van der Waals surface area contributed by atoms with Crippen molar-refractivity contribution in [2.75, 3.05) is 7.11 Å². The van der Waals surface area contributed by atoms with Crippen LogP contribution in [0.5, 0.6) is 5.75 Å². The lowest BCUT2D eigenvalue weighted by atomic mass is 10.1. The summed E-state index contributed by atoms with van der Waals surface area (Å²) in [6.07, 6.45) is 1.80. The third-order valence-corrected chi connectivity index (χ3v) is 4.64. The van der Waals surface area contributed by atoms with Gasteiger partial charge in [0.1, 0.15) is 16.8 Å². The highest BCUT2D eigenvalue weighted by atomic mass is 32.1. The van der Waals surface area contributed by atoms with Crippen molar-refractivity contribution in [2.24, 2.45) is 10.2 Å². The SMILES string of the molecule is COc1ccc(/C=C(/C#N)c2nc(C)c(N=Nc3ccccc3)s2)cc1. The number of hydrogen-bond donors (Lipinski definition) is 0. The Morgan fingerprint density at radius 3 is 2.50 bits per heavy atom. The van der Waals surface area contributed by atoms with Gasteiger partial charge >= 0.3 is 0 Å². The topological polar surface area (TPSA) is 70.6 Å². The number of nitriles is 1. The van der Waals surface area contributed by atoms with E-state index in [0.717, 1.165) is 22.7 Å². The number of hydrogen-bond acceptors (Lipinski definition) is 6. The van der Waals surface area contributed by atoms with Crippen molar-refractivity contribution in [2.45, 2.75) is 6.92 Å². The standard InChI is InChI=1S/C20H16N4OS/c1-14-19(24-23-17-6-4-3-5-7-17)26-20(22-14)16(13-21)12-15-8-10-18(25-2)11-9-15/h3-12H,1-2H3/b16-12-,24-23?. The van der Waals surface area contributed by atoms with E-state index in [0.29, 0.717) is 15.6 Å². The number of aromatic nitrogens is 1. The van der Waals surface area contributed by atoms with Gasteiger partial charge in [0.15, 0.2) is 5.00 Å². The van der Waals surface area contributed by atoms with Gasteiger partial charge in [0.25, 0.3) is 0 Å². The molecule has 0 saturated carbocycles. The summed E-state index contributed by atoms with van der Waals surface area (Å²) in [6.45, 7) is 1.86. The molecule has 0 saturated heterocycles. The molecule has 2 aromatic carbocycles. The fourth-order valence-corrected chi connectivity index (χ4v) is 3.06. The minimum Gasteiger partial charge on any atom is -0.497 e. The van der Waals surface area contributed by atoms with E-state index in [1.54, 1.807) is 13.2 Å². The van der Waals surface area contributed by atoms with Crippen LogP contribution in [-0.4, -0.2) is 12.1 Å². The zero-order chi connectivity index (χ0) is 18.4. The molecule has 0 amide bonds. The second-order valence-corrected chi connectivity index (χ2v) is 6.37. The van der Waals surface area contributed by atoms with E-state index in [1.807, 2.05) is 61.5 Å². The number of methoxy groups -OCH3 is 1. The van der Waals surface area contributed by atoms with Gasteiger partial charge in [-0.2, -0.15) is 5.26 Å². The Hall–Kier alpha value is -3.30. The van der Waals surface area contributed by atoms with Crippen LogP contribution in [0.1, 0.15) is 16.3 Å². The Balaban J connectivity index is 1.87. The maximum absolute atomic E-state index is 9.52. The smallest absolute Gasteiger partial charge is 0.162 e. The quantitative estimate of drug-likeness (QED) is 0.417. The lowest BCUT2D eigenvalue weighted by Gasteiger charge is -1.99. The summed E-state index contributed by atoms with van der Waals surface area (Å²) in [5, 5.41) is 19.3. The Bertz CT molecular complexity index is 983. The molecule has 1 aromatic heterocycles. The van der Waals surface area contributed by atoms with Crippen molar-refractivity contribution < 1.29 is 4.74 Å². The first-order valence-electron chi connectivity index (χ1n) is 7.90. The van der Waals surface area contributed by atoms with E-state index < -0.39 is 0 Å². The normalized spacial score (nSPS) is 11.5. The molecule has 0 N–H and O–H groups in total. The molecular weight excluding hydrogens is 344 g/mol. The summed E-state index contributed by atoms with van der Waals surface area (Å²) in [5.74, 6) is 0.773. The fourth-order valence-electron chi connectivity index (χ4n) is 2.20. The fraction of sp³-hybridized carbons (Fsp3) is 0.100. The highest BCUT2D eigenvalue weighted by molar-refractivity contribution is 7.16. The van der Waals surface area contributed by atoms with Gasteiger partial charge in [-0.15, -0.1) is 10.2 Å². The molecule has 0 radical (unpaired) electrons. The minimum absolute atomic E-state index is 0.490. The van der Waals surface area contributed by atoms with Crippen molar-refractivity contribution in [3.63, 3.8) is 0 Å². The molecule has 1 heterocycles. The Kier molecular flexibility index (Phi) is 5.52. The zero-order valence-electron chi connectivity index (χ0n) is 14.4. The zero-order valence-corrected chi connectivity index (χ0v) is 15.2. The van der Waals surface area contributed by atoms with Gasteiger partial charge in [-0.25, -0.2) is 4.98 Å². The molecule has 0 aliphatic carbocycles. The van der Waals surface area contributed by atoms with Gasteiger partial charge in [-0.3, -0.25) is 0 Å². The molecule has 26 heavy (non-hydrogen) atoms. The molecule has 3 rings (SSSR count). The molecule has 0 bridgehead atoms. The molecule has 0 unspecified atom stereocenters. The summed E-state index contributed by atoms with van der Waals surface area (Å²) in [7, 11) is 1.62. The van der Waals surface area contributed by atoms with Gasteiger partial charge in [0, 0.05) is 0 Å². The molecule has 3 aromatic rings. The van der Waals surface area contributed by atoms with Gasteiger partial charge in [0.2, 0.25) is 0 Å². The van der Waals surface area contributed by atoms with Crippen LogP contribution in [0.3, 0.4) is 0 Å². The second-order valence-electron chi connectivity index (χ2n) is 5.39. The van der Waals surface area contributed by atoms with E-state index in [2.05, 4.69) is 21.3 Å². The molecule has 0 fully saturated rings. The maximum Gasteiger partial charge on any atom is 0.162 e. The van der Waals surface area contributed by atoms with E-state index in [9.17, 15) is 5.26 Å². The van der Waals surface area contributed by atoms with Crippen molar-refractivity contribution in [3.05, 3.63) is 70.9 Å². The molecule has 0 aliphatic rings. The number of aryl methyl sites for hydroxylation is 1. The van der Waals surface area contributed by atoms with Crippen LogP contribution in [-0.2, 0) is 0 Å². The summed E-state index contributed by atoms with van der Waals surface area (Å²) < 4.78 is 5.15. The van der Waals surface area contributed by atoms with E-state index in [1.165, 1.54) is 11.3 Å². The first kappa shape index (κ1) is 17.5. The number of benzene rings is 2. The van der Waals surface area contributed by atoms with Gasteiger partial charge in [-0.1, -0.05) is 41.7 Å². The molecular formula is C20H16N4OS. The van der Waals surface area contributed by atoms with Crippen LogP contribution in [0.2, 0.25) is 0 Å². The average molecular weight is 360 g/mol. The first-order chi connectivity index (χ1) is 12.7. The molecule has 0 spiro atoms. The van der Waals surface area contributed by atoms with Crippen LogP contribution in [0.4, 0.5) is 10.7 Å². The third-order valence-electron chi connectivity index (χ3n) is 3.56. The average Bonchev–Trinajstić information content (AvgIpc) is 3.06. The largest absolute Gasteiger partial charge is 0.497 e. The van der Waals surface area contributed by atoms with Crippen LogP contribution in [0, 0.1) is 18.3 Å². The number of rotatable bonds is 5. The second kappa shape index (κ2) is 8.19. The summed E-state index contributed by atoms with van der Waals surface area (Å²) >= 11 is 1.35.